The first-order chi connectivity index (χ1) is 10.6. The van der Waals surface area contributed by atoms with E-state index in [1.165, 1.54) is 22.3 Å². The Morgan fingerprint density at radius 1 is 0.682 bits per heavy atom. The molecule has 0 aromatic heterocycles. The van der Waals surface area contributed by atoms with Crippen LogP contribution in [0.2, 0.25) is 0 Å². The normalized spacial score (nSPS) is 12.9. The van der Waals surface area contributed by atoms with Crippen LogP contribution >= 0.6 is 0 Å². The molecule has 2 aromatic carbocycles. The van der Waals surface area contributed by atoms with Gasteiger partial charge in [0.1, 0.15) is 0 Å². The van der Waals surface area contributed by atoms with Gasteiger partial charge in [-0.2, -0.15) is 0 Å². The van der Waals surface area contributed by atoms with E-state index >= 15 is 0 Å². The fourth-order valence-electron chi connectivity index (χ4n) is 3.26. The largest absolute Gasteiger partial charge is 0.0683 e. The Morgan fingerprint density at radius 3 is 1.41 bits per heavy atom. The van der Waals surface area contributed by atoms with E-state index in [0.717, 1.165) is 6.42 Å². The molecule has 0 heteroatoms. The quantitative estimate of drug-likeness (QED) is 0.500. The summed E-state index contributed by atoms with van der Waals surface area (Å²) in [4.78, 5) is 0. The molecule has 0 spiro atoms. The monoisotopic (exact) mass is 296 g/mol. The van der Waals surface area contributed by atoms with Crippen LogP contribution in [0.5, 0.6) is 0 Å². The van der Waals surface area contributed by atoms with Gasteiger partial charge in [0.2, 0.25) is 0 Å². The van der Waals surface area contributed by atoms with Crippen LogP contribution in [-0.2, 0) is 6.42 Å². The molecule has 0 unspecified atom stereocenters. The maximum Gasteiger partial charge on any atom is 0.0144 e. The van der Waals surface area contributed by atoms with Crippen LogP contribution in [0.15, 0.2) is 48.5 Å². The van der Waals surface area contributed by atoms with Crippen molar-refractivity contribution in [3.63, 3.8) is 0 Å². The molecule has 0 N–H and O–H groups in total. The third kappa shape index (κ3) is 3.80. The summed E-state index contributed by atoms with van der Waals surface area (Å²) in [6, 6.07) is 17.8. The van der Waals surface area contributed by atoms with Crippen LogP contribution in [-0.4, -0.2) is 0 Å². The SMILES string of the molecule is CC.CC.CC(C)(C)C1c2ccccc2Cc2ccccc21. The summed E-state index contributed by atoms with van der Waals surface area (Å²) in [5, 5.41) is 0. The van der Waals surface area contributed by atoms with Crippen molar-refractivity contribution >= 4 is 0 Å². The van der Waals surface area contributed by atoms with Crippen molar-refractivity contribution in [3.8, 4) is 0 Å². The highest BCUT2D eigenvalue weighted by atomic mass is 14.4. The molecule has 2 aromatic rings. The first-order valence-electron chi connectivity index (χ1n) is 8.73. The first-order valence-corrected chi connectivity index (χ1v) is 8.73. The zero-order chi connectivity index (χ0) is 16.8. The molecule has 0 atom stereocenters. The van der Waals surface area contributed by atoms with E-state index in [2.05, 4.69) is 69.3 Å². The summed E-state index contributed by atoms with van der Waals surface area (Å²) in [7, 11) is 0. The number of fused-ring (bicyclic) bond motifs is 2. The molecule has 3 rings (SSSR count). The van der Waals surface area contributed by atoms with Gasteiger partial charge in [-0.15, -0.1) is 0 Å². The Morgan fingerprint density at radius 2 is 1.05 bits per heavy atom. The van der Waals surface area contributed by atoms with E-state index in [4.69, 9.17) is 0 Å². The molecule has 0 amide bonds. The molecule has 0 fully saturated rings. The summed E-state index contributed by atoms with van der Waals surface area (Å²) in [6.45, 7) is 15.0. The van der Waals surface area contributed by atoms with E-state index in [1.807, 2.05) is 27.7 Å². The molecular formula is C22H32. The zero-order valence-electron chi connectivity index (χ0n) is 15.4. The van der Waals surface area contributed by atoms with Crippen LogP contribution in [0.25, 0.3) is 0 Å². The van der Waals surface area contributed by atoms with Gasteiger partial charge >= 0.3 is 0 Å². The van der Waals surface area contributed by atoms with E-state index < -0.39 is 0 Å². The van der Waals surface area contributed by atoms with Crippen LogP contribution in [0.1, 0.15) is 76.6 Å². The Hall–Kier alpha value is -1.56. The molecule has 22 heavy (non-hydrogen) atoms. The topological polar surface area (TPSA) is 0 Å². The Bertz CT molecular complexity index is 527. The predicted molar refractivity (Wildman–Crippen MR) is 99.7 cm³/mol. The lowest BCUT2D eigenvalue weighted by molar-refractivity contribution is 0.353. The molecule has 0 aliphatic heterocycles. The van der Waals surface area contributed by atoms with Gasteiger partial charge in [0.25, 0.3) is 0 Å². The molecular weight excluding hydrogens is 264 g/mol. The van der Waals surface area contributed by atoms with Crippen LogP contribution in [0.4, 0.5) is 0 Å². The molecule has 0 saturated carbocycles. The van der Waals surface area contributed by atoms with Gasteiger partial charge in [0.05, 0.1) is 0 Å². The molecule has 0 bridgehead atoms. The van der Waals surface area contributed by atoms with Crippen molar-refractivity contribution in [3.05, 3.63) is 70.8 Å². The lowest BCUT2D eigenvalue weighted by Crippen LogP contribution is -2.25. The van der Waals surface area contributed by atoms with Crippen molar-refractivity contribution < 1.29 is 0 Å². The number of hydrogen-bond donors (Lipinski definition) is 0. The fraction of sp³-hybridized carbons (Fsp3) is 0.455. The maximum atomic E-state index is 2.34. The summed E-state index contributed by atoms with van der Waals surface area (Å²) < 4.78 is 0. The van der Waals surface area contributed by atoms with Gasteiger partial charge in [-0.25, -0.2) is 0 Å². The number of benzene rings is 2. The second-order valence-corrected chi connectivity index (χ2v) is 6.37. The smallest absolute Gasteiger partial charge is 0.0144 e. The fourth-order valence-corrected chi connectivity index (χ4v) is 3.26. The summed E-state index contributed by atoms with van der Waals surface area (Å²) in [5.74, 6) is 0.513. The van der Waals surface area contributed by atoms with Crippen LogP contribution in [0.3, 0.4) is 0 Å². The number of hydrogen-bond acceptors (Lipinski definition) is 0. The van der Waals surface area contributed by atoms with Crippen molar-refractivity contribution in [2.45, 2.75) is 60.8 Å². The first kappa shape index (κ1) is 18.5. The second kappa shape index (κ2) is 8.17. The Kier molecular flexibility index (Phi) is 6.87. The molecule has 0 saturated heterocycles. The highest BCUT2D eigenvalue weighted by Gasteiger charge is 2.33. The third-order valence-corrected chi connectivity index (χ3v) is 3.98. The lowest BCUT2D eigenvalue weighted by atomic mass is 9.67. The standard InChI is InChI=1S/C18H20.2C2H6/c1-18(2,3)17-15-10-6-4-8-13(15)12-14-9-5-7-11-16(14)17;2*1-2/h4-11,17H,12H2,1-3H3;2*1-2H3. The molecule has 0 radical (unpaired) electrons. The van der Waals surface area contributed by atoms with Gasteiger partial charge in [0.15, 0.2) is 0 Å². The molecule has 0 nitrogen and oxygen atoms in total. The van der Waals surface area contributed by atoms with E-state index in [1.54, 1.807) is 0 Å². The molecule has 1 aliphatic carbocycles. The Balaban J connectivity index is 0.000000561. The van der Waals surface area contributed by atoms with E-state index in [9.17, 15) is 0 Å². The molecule has 0 heterocycles. The Labute approximate surface area is 137 Å². The van der Waals surface area contributed by atoms with E-state index in [-0.39, 0.29) is 5.41 Å². The van der Waals surface area contributed by atoms with E-state index in [0.29, 0.717) is 5.92 Å². The molecule has 1 aliphatic rings. The van der Waals surface area contributed by atoms with Crippen molar-refractivity contribution in [2.24, 2.45) is 5.41 Å². The van der Waals surface area contributed by atoms with Crippen molar-refractivity contribution in [2.75, 3.05) is 0 Å². The third-order valence-electron chi connectivity index (χ3n) is 3.98. The zero-order valence-corrected chi connectivity index (χ0v) is 15.4. The lowest BCUT2D eigenvalue weighted by Gasteiger charge is -2.37. The summed E-state index contributed by atoms with van der Waals surface area (Å²) >= 11 is 0. The minimum atomic E-state index is 0.257. The van der Waals surface area contributed by atoms with Gasteiger partial charge in [0, 0.05) is 5.92 Å². The number of rotatable bonds is 0. The van der Waals surface area contributed by atoms with Crippen LogP contribution < -0.4 is 0 Å². The second-order valence-electron chi connectivity index (χ2n) is 6.37. The highest BCUT2D eigenvalue weighted by Crippen LogP contribution is 2.46. The van der Waals surface area contributed by atoms with Crippen LogP contribution in [0, 0.1) is 5.41 Å². The summed E-state index contributed by atoms with van der Waals surface area (Å²) in [6.07, 6.45) is 1.08. The minimum Gasteiger partial charge on any atom is -0.0683 e. The van der Waals surface area contributed by atoms with Crippen molar-refractivity contribution in [1.82, 2.24) is 0 Å². The molecule has 120 valence electrons. The van der Waals surface area contributed by atoms with Crippen molar-refractivity contribution in [1.29, 1.82) is 0 Å². The maximum absolute atomic E-state index is 2.34. The van der Waals surface area contributed by atoms with Gasteiger partial charge in [-0.1, -0.05) is 97.0 Å². The predicted octanol–water partition coefficient (Wildman–Crippen LogP) is 6.82. The van der Waals surface area contributed by atoms with Gasteiger partial charge < -0.3 is 0 Å². The minimum absolute atomic E-state index is 0.257. The average molecular weight is 296 g/mol. The van der Waals surface area contributed by atoms with Gasteiger partial charge in [-0.05, 0) is 34.1 Å². The highest BCUT2D eigenvalue weighted by molar-refractivity contribution is 5.50. The summed E-state index contributed by atoms with van der Waals surface area (Å²) in [5.41, 5.74) is 6.28. The van der Waals surface area contributed by atoms with Gasteiger partial charge in [-0.3, -0.25) is 0 Å². The average Bonchev–Trinajstić information content (AvgIpc) is 2.55.